The zero-order chi connectivity index (χ0) is 25.7. The van der Waals surface area contributed by atoms with Crippen LogP contribution in [-0.4, -0.2) is 23.5 Å². The minimum atomic E-state index is -1.15. The summed E-state index contributed by atoms with van der Waals surface area (Å²) in [5.74, 6) is 0.322. The monoisotopic (exact) mass is 491 g/mol. The molecule has 0 N–H and O–H groups in total. The van der Waals surface area contributed by atoms with Gasteiger partial charge in [0.25, 0.3) is 0 Å². The number of cyclic esters (lactones) is 1. The van der Waals surface area contributed by atoms with Crippen LogP contribution in [0, 0.1) is 6.92 Å². The minimum Gasteiger partial charge on any atom is -0.489 e. The predicted octanol–water partition coefficient (Wildman–Crippen LogP) is 6.43. The molecular formula is C32H29NO4. The first kappa shape index (κ1) is 24.3. The van der Waals surface area contributed by atoms with Gasteiger partial charge in [-0.1, -0.05) is 103 Å². The van der Waals surface area contributed by atoms with E-state index >= 15 is 0 Å². The highest BCUT2D eigenvalue weighted by molar-refractivity contribution is 5.95. The molecule has 1 saturated heterocycles. The third-order valence-corrected chi connectivity index (χ3v) is 6.76. The van der Waals surface area contributed by atoms with E-state index < -0.39 is 11.6 Å². The van der Waals surface area contributed by atoms with Crippen LogP contribution in [0.3, 0.4) is 0 Å². The molecule has 0 bridgehead atoms. The Kier molecular flexibility index (Phi) is 7.04. The molecule has 37 heavy (non-hydrogen) atoms. The van der Waals surface area contributed by atoms with Crippen molar-refractivity contribution in [3.8, 4) is 5.75 Å². The third kappa shape index (κ3) is 4.98. The minimum absolute atomic E-state index is 0.0120. The van der Waals surface area contributed by atoms with Crippen LogP contribution in [0.5, 0.6) is 5.75 Å². The van der Waals surface area contributed by atoms with E-state index in [0.717, 1.165) is 27.8 Å². The SMILES string of the molecule is Cc1ccc(OCc2ccccc2)c(C2(c3ccccc3)COC(=O)N2C(=O)CCc2ccccc2)c1. The maximum absolute atomic E-state index is 13.8. The summed E-state index contributed by atoms with van der Waals surface area (Å²) >= 11 is 0. The van der Waals surface area contributed by atoms with Crippen LogP contribution >= 0.6 is 0 Å². The fourth-order valence-corrected chi connectivity index (χ4v) is 4.88. The lowest BCUT2D eigenvalue weighted by Crippen LogP contribution is -2.49. The molecule has 2 amide bonds. The maximum Gasteiger partial charge on any atom is 0.417 e. The molecule has 4 aromatic rings. The van der Waals surface area contributed by atoms with Gasteiger partial charge in [0.2, 0.25) is 5.91 Å². The molecule has 186 valence electrons. The number of nitrogens with zero attached hydrogens (tertiary/aromatic N) is 1. The van der Waals surface area contributed by atoms with E-state index in [1.54, 1.807) is 0 Å². The number of hydrogen-bond donors (Lipinski definition) is 0. The average molecular weight is 492 g/mol. The quantitative estimate of drug-likeness (QED) is 0.285. The van der Waals surface area contributed by atoms with Crippen LogP contribution in [0.4, 0.5) is 4.79 Å². The molecule has 1 aliphatic rings. The normalized spacial score (nSPS) is 16.9. The van der Waals surface area contributed by atoms with Gasteiger partial charge in [-0.05, 0) is 42.2 Å². The summed E-state index contributed by atoms with van der Waals surface area (Å²) in [6.07, 6.45) is 0.0663. The van der Waals surface area contributed by atoms with Gasteiger partial charge in [0.05, 0.1) is 0 Å². The van der Waals surface area contributed by atoms with Gasteiger partial charge in [-0.2, -0.15) is 0 Å². The van der Waals surface area contributed by atoms with Gasteiger partial charge in [0, 0.05) is 12.0 Å². The van der Waals surface area contributed by atoms with Gasteiger partial charge >= 0.3 is 6.09 Å². The van der Waals surface area contributed by atoms with Gasteiger partial charge < -0.3 is 9.47 Å². The van der Waals surface area contributed by atoms with E-state index in [2.05, 4.69) is 0 Å². The highest BCUT2D eigenvalue weighted by Gasteiger charge is 2.54. The van der Waals surface area contributed by atoms with Crippen molar-refractivity contribution in [3.63, 3.8) is 0 Å². The van der Waals surface area contributed by atoms with Crippen molar-refractivity contribution >= 4 is 12.0 Å². The van der Waals surface area contributed by atoms with Crippen LogP contribution in [0.25, 0.3) is 0 Å². The van der Waals surface area contributed by atoms with E-state index in [-0.39, 0.29) is 18.9 Å². The molecule has 4 aromatic carbocycles. The lowest BCUT2D eigenvalue weighted by Gasteiger charge is -2.36. The van der Waals surface area contributed by atoms with Crippen molar-refractivity contribution in [2.75, 3.05) is 6.61 Å². The standard InChI is InChI=1S/C32H29NO4/c1-24-17-19-29(36-22-26-13-7-3-8-14-26)28(21-24)32(27-15-9-4-10-16-27)23-37-31(35)33(32)30(34)20-18-25-11-5-2-6-12-25/h2-17,19,21H,18,20,22-23H2,1H3. The Bertz CT molecular complexity index is 1370. The Hall–Kier alpha value is -4.38. The number of imide groups is 1. The molecule has 1 heterocycles. The molecule has 0 aliphatic carbocycles. The van der Waals surface area contributed by atoms with Crippen molar-refractivity contribution < 1.29 is 19.1 Å². The summed E-state index contributed by atoms with van der Waals surface area (Å²) < 4.78 is 12.0. The van der Waals surface area contributed by atoms with Gasteiger partial charge in [-0.25, -0.2) is 9.69 Å². The fourth-order valence-electron chi connectivity index (χ4n) is 4.88. The number of carbonyl (C=O) groups is 2. The molecule has 5 heteroatoms. The molecule has 1 fully saturated rings. The van der Waals surface area contributed by atoms with E-state index in [4.69, 9.17) is 9.47 Å². The lowest BCUT2D eigenvalue weighted by atomic mass is 9.81. The molecule has 0 aromatic heterocycles. The Morgan fingerprint density at radius 1 is 0.865 bits per heavy atom. The molecule has 0 spiro atoms. The number of ether oxygens (including phenoxy) is 2. The third-order valence-electron chi connectivity index (χ3n) is 6.76. The summed E-state index contributed by atoms with van der Waals surface area (Å²) in [6, 6.07) is 35.2. The van der Waals surface area contributed by atoms with Crippen LogP contribution in [0.1, 0.15) is 34.2 Å². The van der Waals surface area contributed by atoms with E-state index in [0.29, 0.717) is 18.8 Å². The van der Waals surface area contributed by atoms with E-state index in [9.17, 15) is 9.59 Å². The number of benzene rings is 4. The summed E-state index contributed by atoms with van der Waals surface area (Å²) in [7, 11) is 0. The van der Waals surface area contributed by atoms with Crippen LogP contribution in [0.2, 0.25) is 0 Å². The molecule has 5 nitrogen and oxygen atoms in total. The molecule has 0 saturated carbocycles. The molecule has 1 aliphatic heterocycles. The van der Waals surface area contributed by atoms with Crippen molar-refractivity contribution in [1.29, 1.82) is 0 Å². The zero-order valence-electron chi connectivity index (χ0n) is 20.8. The predicted molar refractivity (Wildman–Crippen MR) is 142 cm³/mol. The molecule has 1 atom stereocenters. The van der Waals surface area contributed by atoms with Crippen molar-refractivity contribution in [1.82, 2.24) is 4.90 Å². The summed E-state index contributed by atoms with van der Waals surface area (Å²) in [6.45, 7) is 2.36. The topological polar surface area (TPSA) is 55.8 Å². The van der Waals surface area contributed by atoms with Gasteiger partial charge in [0.15, 0.2) is 0 Å². The van der Waals surface area contributed by atoms with Gasteiger partial charge in [-0.15, -0.1) is 0 Å². The Morgan fingerprint density at radius 2 is 1.49 bits per heavy atom. The van der Waals surface area contributed by atoms with E-state index in [1.807, 2.05) is 116 Å². The van der Waals surface area contributed by atoms with Crippen LogP contribution in [-0.2, 0) is 28.1 Å². The fraction of sp³-hybridized carbons (Fsp3) is 0.188. The smallest absolute Gasteiger partial charge is 0.417 e. The summed E-state index contributed by atoms with van der Waals surface area (Å²) in [4.78, 5) is 28.3. The second-order valence-corrected chi connectivity index (χ2v) is 9.27. The second kappa shape index (κ2) is 10.7. The van der Waals surface area contributed by atoms with Gasteiger partial charge in [0.1, 0.15) is 24.5 Å². The highest BCUT2D eigenvalue weighted by atomic mass is 16.6. The Labute approximate surface area is 217 Å². The molecule has 5 rings (SSSR count). The van der Waals surface area contributed by atoms with Crippen molar-refractivity contribution in [2.45, 2.75) is 31.9 Å². The zero-order valence-corrected chi connectivity index (χ0v) is 20.8. The number of carbonyl (C=O) groups excluding carboxylic acids is 2. The highest BCUT2D eigenvalue weighted by Crippen LogP contribution is 2.45. The Morgan fingerprint density at radius 3 is 2.16 bits per heavy atom. The summed E-state index contributed by atoms with van der Waals surface area (Å²) in [5.41, 5.74) is 3.43. The number of rotatable bonds is 8. The molecular weight excluding hydrogens is 462 g/mol. The maximum atomic E-state index is 13.8. The number of aryl methyl sites for hydroxylation is 2. The molecule has 0 radical (unpaired) electrons. The van der Waals surface area contributed by atoms with Crippen LogP contribution < -0.4 is 4.74 Å². The first-order chi connectivity index (χ1) is 18.1. The lowest BCUT2D eigenvalue weighted by molar-refractivity contribution is -0.131. The summed E-state index contributed by atoms with van der Waals surface area (Å²) in [5, 5.41) is 0. The van der Waals surface area contributed by atoms with Crippen LogP contribution in [0.15, 0.2) is 109 Å². The molecule has 1 unspecified atom stereocenters. The number of hydrogen-bond acceptors (Lipinski definition) is 4. The Balaban J connectivity index is 1.57. The first-order valence-corrected chi connectivity index (χ1v) is 12.4. The van der Waals surface area contributed by atoms with Gasteiger partial charge in [-0.3, -0.25) is 4.79 Å². The van der Waals surface area contributed by atoms with E-state index in [1.165, 1.54) is 4.90 Å². The van der Waals surface area contributed by atoms with Crippen molar-refractivity contribution in [3.05, 3.63) is 137 Å². The number of amides is 2. The second-order valence-electron chi connectivity index (χ2n) is 9.27. The van der Waals surface area contributed by atoms with Crippen molar-refractivity contribution in [2.24, 2.45) is 0 Å². The largest absolute Gasteiger partial charge is 0.489 e. The average Bonchev–Trinajstić information content (AvgIpc) is 3.30. The first-order valence-electron chi connectivity index (χ1n) is 12.4.